The van der Waals surface area contributed by atoms with Gasteiger partial charge in [-0.15, -0.1) is 11.3 Å². The van der Waals surface area contributed by atoms with Gasteiger partial charge in [-0.1, -0.05) is 13.0 Å². The summed E-state index contributed by atoms with van der Waals surface area (Å²) in [6.07, 6.45) is 2.82. The monoisotopic (exact) mass is 308 g/mol. The molecule has 0 aliphatic rings. The standard InChI is InChI=1S/C16H21FN2OS/c1-4-7-18-11(2)15-6-5-13(8-16(15)17)20-10-14-9-19-12(3)21-14/h5-6,8-9,11,18H,4,7,10H2,1-3H3. The second-order valence-electron chi connectivity index (χ2n) is 4.99. The third-order valence-corrected chi connectivity index (χ3v) is 4.08. The number of thiazole rings is 1. The number of nitrogens with zero attached hydrogens (tertiary/aromatic N) is 1. The number of rotatable bonds is 7. The Morgan fingerprint density at radius 3 is 2.86 bits per heavy atom. The van der Waals surface area contributed by atoms with Crippen LogP contribution >= 0.6 is 11.3 Å². The van der Waals surface area contributed by atoms with Crippen LogP contribution in [0.15, 0.2) is 24.4 Å². The third-order valence-electron chi connectivity index (χ3n) is 3.19. The first-order valence-corrected chi connectivity index (χ1v) is 7.98. The fraction of sp³-hybridized carbons (Fsp3) is 0.438. The summed E-state index contributed by atoms with van der Waals surface area (Å²) in [5.41, 5.74) is 0.671. The first-order chi connectivity index (χ1) is 10.1. The maximum Gasteiger partial charge on any atom is 0.131 e. The lowest BCUT2D eigenvalue weighted by atomic mass is 10.1. The summed E-state index contributed by atoms with van der Waals surface area (Å²) < 4.78 is 19.7. The van der Waals surface area contributed by atoms with Crippen molar-refractivity contribution in [1.82, 2.24) is 10.3 Å². The lowest BCUT2D eigenvalue weighted by Crippen LogP contribution is -2.20. The zero-order chi connectivity index (χ0) is 15.2. The first-order valence-electron chi connectivity index (χ1n) is 7.17. The van der Waals surface area contributed by atoms with Crippen molar-refractivity contribution in [3.05, 3.63) is 45.7 Å². The van der Waals surface area contributed by atoms with Crippen LogP contribution in [0.1, 0.15) is 41.8 Å². The fourth-order valence-electron chi connectivity index (χ4n) is 2.05. The van der Waals surface area contributed by atoms with Gasteiger partial charge in [-0.2, -0.15) is 0 Å². The van der Waals surface area contributed by atoms with E-state index in [4.69, 9.17) is 4.74 Å². The molecular weight excluding hydrogens is 287 g/mol. The lowest BCUT2D eigenvalue weighted by Gasteiger charge is -2.15. The minimum Gasteiger partial charge on any atom is -0.488 e. The predicted octanol–water partition coefficient (Wildman–Crippen LogP) is 4.23. The Kier molecular flexibility index (Phi) is 5.70. The minimum absolute atomic E-state index is 0.00291. The number of nitrogens with one attached hydrogen (secondary N) is 1. The molecule has 5 heteroatoms. The minimum atomic E-state index is -0.232. The Morgan fingerprint density at radius 1 is 1.43 bits per heavy atom. The second-order valence-corrected chi connectivity index (χ2v) is 6.31. The maximum absolute atomic E-state index is 14.1. The van der Waals surface area contributed by atoms with Crippen LogP contribution in [0.2, 0.25) is 0 Å². The zero-order valence-corrected chi connectivity index (χ0v) is 13.5. The van der Waals surface area contributed by atoms with E-state index < -0.39 is 0 Å². The van der Waals surface area contributed by atoms with E-state index in [-0.39, 0.29) is 11.9 Å². The Hall–Kier alpha value is -1.46. The van der Waals surface area contributed by atoms with Crippen LogP contribution in [0.3, 0.4) is 0 Å². The van der Waals surface area contributed by atoms with Gasteiger partial charge < -0.3 is 10.1 Å². The molecule has 2 rings (SSSR count). The molecule has 1 atom stereocenters. The van der Waals surface area contributed by atoms with Gasteiger partial charge >= 0.3 is 0 Å². The number of aryl methyl sites for hydroxylation is 1. The van der Waals surface area contributed by atoms with Crippen molar-refractivity contribution in [3.8, 4) is 5.75 Å². The summed E-state index contributed by atoms with van der Waals surface area (Å²) in [5.74, 6) is 0.314. The van der Waals surface area contributed by atoms with E-state index in [0.29, 0.717) is 17.9 Å². The van der Waals surface area contributed by atoms with Crippen LogP contribution in [0.5, 0.6) is 5.75 Å². The molecule has 0 aliphatic carbocycles. The number of hydrogen-bond acceptors (Lipinski definition) is 4. The van der Waals surface area contributed by atoms with Crippen molar-refractivity contribution in [2.75, 3.05) is 6.54 Å². The van der Waals surface area contributed by atoms with Gasteiger partial charge in [-0.3, -0.25) is 0 Å². The molecule has 21 heavy (non-hydrogen) atoms. The van der Waals surface area contributed by atoms with Crippen LogP contribution in [0.25, 0.3) is 0 Å². The van der Waals surface area contributed by atoms with Gasteiger partial charge in [0.15, 0.2) is 0 Å². The highest BCUT2D eigenvalue weighted by Gasteiger charge is 2.11. The summed E-state index contributed by atoms with van der Waals surface area (Å²) in [4.78, 5) is 5.21. The maximum atomic E-state index is 14.1. The molecule has 0 aliphatic heterocycles. The Morgan fingerprint density at radius 2 is 2.24 bits per heavy atom. The van der Waals surface area contributed by atoms with Crippen LogP contribution < -0.4 is 10.1 Å². The van der Waals surface area contributed by atoms with E-state index in [9.17, 15) is 4.39 Å². The van der Waals surface area contributed by atoms with Gasteiger partial charge in [0.1, 0.15) is 18.2 Å². The van der Waals surface area contributed by atoms with E-state index in [1.165, 1.54) is 6.07 Å². The van der Waals surface area contributed by atoms with Crippen LogP contribution in [-0.2, 0) is 6.61 Å². The largest absolute Gasteiger partial charge is 0.488 e. The number of hydrogen-bond donors (Lipinski definition) is 1. The van der Waals surface area contributed by atoms with Crippen molar-refractivity contribution in [2.45, 2.75) is 39.8 Å². The first kappa shape index (κ1) is 15.9. The summed E-state index contributed by atoms with van der Waals surface area (Å²) >= 11 is 1.59. The van der Waals surface area contributed by atoms with E-state index in [1.54, 1.807) is 23.6 Å². The zero-order valence-electron chi connectivity index (χ0n) is 12.6. The molecule has 0 fully saturated rings. The molecule has 1 heterocycles. The van der Waals surface area contributed by atoms with Crippen LogP contribution in [0.4, 0.5) is 4.39 Å². The fourth-order valence-corrected chi connectivity index (χ4v) is 2.75. The van der Waals surface area contributed by atoms with E-state index in [2.05, 4.69) is 17.2 Å². The Balaban J connectivity index is 1.98. The average molecular weight is 308 g/mol. The number of halogens is 1. The van der Waals surface area contributed by atoms with Gasteiger partial charge in [0.2, 0.25) is 0 Å². The van der Waals surface area contributed by atoms with E-state index >= 15 is 0 Å². The molecule has 1 aromatic carbocycles. The molecule has 1 unspecified atom stereocenters. The van der Waals surface area contributed by atoms with Crippen molar-refractivity contribution in [1.29, 1.82) is 0 Å². The summed E-state index contributed by atoms with van der Waals surface area (Å²) in [6, 6.07) is 5.06. The molecule has 0 saturated carbocycles. The van der Waals surface area contributed by atoms with Gasteiger partial charge in [0.25, 0.3) is 0 Å². The molecular formula is C16H21FN2OS. The summed E-state index contributed by atoms with van der Waals surface area (Å²) in [5, 5.41) is 4.29. The molecule has 1 N–H and O–H groups in total. The number of aromatic nitrogens is 1. The molecule has 2 aromatic rings. The van der Waals surface area contributed by atoms with Gasteiger partial charge in [0.05, 0.1) is 9.88 Å². The molecule has 0 saturated heterocycles. The SMILES string of the molecule is CCCNC(C)c1ccc(OCc2cnc(C)s2)cc1F. The van der Waals surface area contributed by atoms with Crippen molar-refractivity contribution >= 4 is 11.3 Å². The molecule has 1 aromatic heterocycles. The molecule has 0 spiro atoms. The smallest absolute Gasteiger partial charge is 0.131 e. The molecule has 0 amide bonds. The van der Waals surface area contributed by atoms with E-state index in [0.717, 1.165) is 22.9 Å². The van der Waals surface area contributed by atoms with Gasteiger partial charge in [-0.05, 0) is 32.9 Å². The van der Waals surface area contributed by atoms with Crippen molar-refractivity contribution < 1.29 is 9.13 Å². The van der Waals surface area contributed by atoms with Crippen molar-refractivity contribution in [2.24, 2.45) is 0 Å². The summed E-state index contributed by atoms with van der Waals surface area (Å²) in [6.45, 7) is 7.31. The number of benzene rings is 1. The molecule has 0 radical (unpaired) electrons. The van der Waals surface area contributed by atoms with Crippen molar-refractivity contribution in [3.63, 3.8) is 0 Å². The Labute approximate surface area is 129 Å². The quantitative estimate of drug-likeness (QED) is 0.831. The topological polar surface area (TPSA) is 34.1 Å². The lowest BCUT2D eigenvalue weighted by molar-refractivity contribution is 0.307. The highest BCUT2D eigenvalue weighted by molar-refractivity contribution is 7.11. The van der Waals surface area contributed by atoms with Gasteiger partial charge in [-0.25, -0.2) is 9.37 Å². The molecule has 114 valence electrons. The van der Waals surface area contributed by atoms with E-state index in [1.807, 2.05) is 19.9 Å². The van der Waals surface area contributed by atoms with Crippen LogP contribution in [-0.4, -0.2) is 11.5 Å². The second kappa shape index (κ2) is 7.52. The number of ether oxygens (including phenoxy) is 1. The van der Waals surface area contributed by atoms with Gasteiger partial charge in [0, 0.05) is 23.9 Å². The molecule has 0 bridgehead atoms. The predicted molar refractivity (Wildman–Crippen MR) is 84.3 cm³/mol. The molecule has 3 nitrogen and oxygen atoms in total. The Bertz CT molecular complexity index is 585. The third kappa shape index (κ3) is 4.51. The highest BCUT2D eigenvalue weighted by Crippen LogP contribution is 2.23. The highest BCUT2D eigenvalue weighted by atomic mass is 32.1. The summed E-state index contributed by atoms with van der Waals surface area (Å²) in [7, 11) is 0. The van der Waals surface area contributed by atoms with Crippen LogP contribution in [0, 0.1) is 12.7 Å². The average Bonchev–Trinajstić information content (AvgIpc) is 2.88. The normalized spacial score (nSPS) is 12.4.